The standard InChI is InChI=1S/C21H20O2/c1-13-9-15-10-14-5-3-4-6-17(14)18-8-7-16(22)11-20(18)19(15)12-21(13)23-2/h3-6,9,12H,7-8,10-11H2,1-2H3. The van der Waals surface area contributed by atoms with E-state index < -0.39 is 0 Å². The maximum absolute atomic E-state index is 12.1. The molecule has 2 aliphatic carbocycles. The van der Waals surface area contributed by atoms with Crippen molar-refractivity contribution >= 4 is 16.9 Å². The second kappa shape index (κ2) is 5.38. The van der Waals surface area contributed by atoms with Crippen molar-refractivity contribution in [3.63, 3.8) is 0 Å². The molecule has 116 valence electrons. The molecule has 0 aliphatic heterocycles. The summed E-state index contributed by atoms with van der Waals surface area (Å²) in [5, 5.41) is 0. The van der Waals surface area contributed by atoms with Gasteiger partial charge in [-0.1, -0.05) is 30.3 Å². The zero-order chi connectivity index (χ0) is 16.0. The maximum atomic E-state index is 12.1. The minimum absolute atomic E-state index is 0.341. The fourth-order valence-corrected chi connectivity index (χ4v) is 3.93. The van der Waals surface area contributed by atoms with Gasteiger partial charge in [-0.05, 0) is 64.8 Å². The number of ether oxygens (including phenoxy) is 1. The summed E-state index contributed by atoms with van der Waals surface area (Å²) in [6.07, 6.45) is 2.97. The van der Waals surface area contributed by atoms with Gasteiger partial charge in [0.05, 0.1) is 7.11 Å². The van der Waals surface area contributed by atoms with Crippen LogP contribution in [0.5, 0.6) is 5.75 Å². The summed E-state index contributed by atoms with van der Waals surface area (Å²) in [6, 6.07) is 13.0. The van der Waals surface area contributed by atoms with Gasteiger partial charge in [-0.15, -0.1) is 0 Å². The molecule has 0 atom stereocenters. The molecule has 2 heteroatoms. The topological polar surface area (TPSA) is 26.3 Å². The number of benzene rings is 2. The highest BCUT2D eigenvalue weighted by Crippen LogP contribution is 2.43. The van der Waals surface area contributed by atoms with Gasteiger partial charge in [-0.3, -0.25) is 4.79 Å². The van der Waals surface area contributed by atoms with E-state index in [0.717, 1.165) is 24.2 Å². The third-order valence-corrected chi connectivity index (χ3v) is 5.06. The molecule has 0 radical (unpaired) electrons. The van der Waals surface area contributed by atoms with E-state index in [1.54, 1.807) is 7.11 Å². The van der Waals surface area contributed by atoms with E-state index in [0.29, 0.717) is 18.6 Å². The van der Waals surface area contributed by atoms with Crippen LogP contribution in [0.15, 0.2) is 36.4 Å². The molecule has 0 amide bonds. The van der Waals surface area contributed by atoms with Gasteiger partial charge in [-0.2, -0.15) is 0 Å². The predicted molar refractivity (Wildman–Crippen MR) is 92.7 cm³/mol. The molecule has 23 heavy (non-hydrogen) atoms. The van der Waals surface area contributed by atoms with Crippen molar-refractivity contribution in [2.75, 3.05) is 7.11 Å². The van der Waals surface area contributed by atoms with Crippen molar-refractivity contribution in [1.82, 2.24) is 0 Å². The van der Waals surface area contributed by atoms with Crippen molar-refractivity contribution in [2.45, 2.75) is 32.6 Å². The molecule has 0 unspecified atom stereocenters. The molecule has 0 saturated carbocycles. The van der Waals surface area contributed by atoms with Crippen molar-refractivity contribution < 1.29 is 9.53 Å². The molecule has 0 fully saturated rings. The van der Waals surface area contributed by atoms with Gasteiger partial charge in [-0.25, -0.2) is 0 Å². The highest BCUT2D eigenvalue weighted by molar-refractivity contribution is 6.05. The summed E-state index contributed by atoms with van der Waals surface area (Å²) < 4.78 is 5.53. The molecule has 2 nitrogen and oxygen atoms in total. The van der Waals surface area contributed by atoms with E-state index in [2.05, 4.69) is 43.3 Å². The number of hydrogen-bond donors (Lipinski definition) is 0. The lowest BCUT2D eigenvalue weighted by atomic mass is 9.83. The fraction of sp³-hybridized carbons (Fsp3) is 0.286. The van der Waals surface area contributed by atoms with E-state index in [9.17, 15) is 4.79 Å². The molecule has 4 rings (SSSR count). The van der Waals surface area contributed by atoms with Crippen LogP contribution in [0.2, 0.25) is 0 Å². The largest absolute Gasteiger partial charge is 0.496 e. The molecular formula is C21H20O2. The van der Waals surface area contributed by atoms with Crippen LogP contribution in [0.4, 0.5) is 0 Å². The van der Waals surface area contributed by atoms with Crippen molar-refractivity contribution in [3.8, 4) is 5.75 Å². The first-order valence-electron chi connectivity index (χ1n) is 8.17. The number of fused-ring (bicyclic) bond motifs is 4. The number of carbonyl (C=O) groups is 1. The van der Waals surface area contributed by atoms with E-state index in [-0.39, 0.29) is 0 Å². The molecule has 2 aromatic carbocycles. The molecule has 0 aromatic heterocycles. The van der Waals surface area contributed by atoms with Crippen LogP contribution in [0.1, 0.15) is 47.1 Å². The lowest BCUT2D eigenvalue weighted by Gasteiger charge is -2.21. The van der Waals surface area contributed by atoms with E-state index in [4.69, 9.17) is 4.74 Å². The SMILES string of the molecule is COc1cc2c(cc1C)Cc1ccccc1C1=C2CC(=O)CC1. The molecule has 0 spiro atoms. The maximum Gasteiger partial charge on any atom is 0.137 e. The summed E-state index contributed by atoms with van der Waals surface area (Å²) in [6.45, 7) is 2.08. The molecule has 0 saturated heterocycles. The van der Waals surface area contributed by atoms with Gasteiger partial charge in [0.15, 0.2) is 0 Å². The fourth-order valence-electron chi connectivity index (χ4n) is 3.93. The Bertz CT molecular complexity index is 843. The summed E-state index contributed by atoms with van der Waals surface area (Å²) in [5.74, 6) is 1.24. The van der Waals surface area contributed by atoms with Gasteiger partial charge in [0.2, 0.25) is 0 Å². The lowest BCUT2D eigenvalue weighted by molar-refractivity contribution is -0.118. The highest BCUT2D eigenvalue weighted by atomic mass is 16.5. The Kier molecular flexibility index (Phi) is 3.33. The van der Waals surface area contributed by atoms with Crippen LogP contribution in [-0.2, 0) is 11.2 Å². The average molecular weight is 304 g/mol. The summed E-state index contributed by atoms with van der Waals surface area (Å²) in [7, 11) is 1.71. The zero-order valence-corrected chi connectivity index (χ0v) is 13.6. The molecule has 2 aliphatic rings. The summed E-state index contributed by atoms with van der Waals surface area (Å²) in [4.78, 5) is 12.1. The normalized spacial score (nSPS) is 16.3. The van der Waals surface area contributed by atoms with Crippen LogP contribution in [0.25, 0.3) is 11.1 Å². The molecule has 0 bridgehead atoms. The van der Waals surface area contributed by atoms with Crippen LogP contribution in [0, 0.1) is 6.92 Å². The summed E-state index contributed by atoms with van der Waals surface area (Å²) in [5.41, 5.74) is 8.89. The quantitative estimate of drug-likeness (QED) is 0.771. The van der Waals surface area contributed by atoms with Gasteiger partial charge < -0.3 is 4.74 Å². The molecular weight excluding hydrogens is 284 g/mol. The second-order valence-electron chi connectivity index (χ2n) is 6.49. The van der Waals surface area contributed by atoms with Crippen LogP contribution >= 0.6 is 0 Å². The molecule has 2 aromatic rings. The number of rotatable bonds is 1. The number of hydrogen-bond acceptors (Lipinski definition) is 2. The third kappa shape index (κ3) is 2.29. The Morgan fingerprint density at radius 3 is 2.57 bits per heavy atom. The third-order valence-electron chi connectivity index (χ3n) is 5.06. The first-order valence-corrected chi connectivity index (χ1v) is 8.17. The van der Waals surface area contributed by atoms with E-state index >= 15 is 0 Å². The van der Waals surface area contributed by atoms with Gasteiger partial charge >= 0.3 is 0 Å². The Labute approximate surface area is 136 Å². The number of Topliss-reactive ketones (excluding diaryl/α,β-unsaturated/α-hetero) is 1. The first-order chi connectivity index (χ1) is 11.2. The lowest BCUT2D eigenvalue weighted by Crippen LogP contribution is -2.09. The van der Waals surface area contributed by atoms with Gasteiger partial charge in [0.1, 0.15) is 11.5 Å². The Balaban J connectivity index is 2.03. The van der Waals surface area contributed by atoms with Crippen LogP contribution in [0.3, 0.4) is 0 Å². The Morgan fingerprint density at radius 1 is 0.913 bits per heavy atom. The average Bonchev–Trinajstić information content (AvgIpc) is 2.68. The minimum Gasteiger partial charge on any atom is -0.496 e. The number of aryl methyl sites for hydroxylation is 1. The minimum atomic E-state index is 0.341. The second-order valence-corrected chi connectivity index (χ2v) is 6.49. The number of methoxy groups -OCH3 is 1. The predicted octanol–water partition coefficient (Wildman–Crippen LogP) is 4.57. The molecule has 0 heterocycles. The Morgan fingerprint density at radius 2 is 1.74 bits per heavy atom. The number of carbonyl (C=O) groups excluding carboxylic acids is 1. The summed E-state index contributed by atoms with van der Waals surface area (Å²) >= 11 is 0. The van der Waals surface area contributed by atoms with Gasteiger partial charge in [0.25, 0.3) is 0 Å². The van der Waals surface area contributed by atoms with Gasteiger partial charge in [0, 0.05) is 12.8 Å². The monoisotopic (exact) mass is 304 g/mol. The Hall–Kier alpha value is -2.35. The van der Waals surface area contributed by atoms with Crippen molar-refractivity contribution in [2.24, 2.45) is 0 Å². The van der Waals surface area contributed by atoms with Crippen LogP contribution < -0.4 is 4.74 Å². The number of allylic oxidation sites excluding steroid dienone is 2. The zero-order valence-electron chi connectivity index (χ0n) is 13.6. The highest BCUT2D eigenvalue weighted by Gasteiger charge is 2.27. The van der Waals surface area contributed by atoms with Crippen molar-refractivity contribution in [3.05, 3.63) is 64.2 Å². The smallest absolute Gasteiger partial charge is 0.137 e. The van der Waals surface area contributed by atoms with Crippen LogP contribution in [-0.4, -0.2) is 12.9 Å². The van der Waals surface area contributed by atoms with E-state index in [1.807, 2.05) is 0 Å². The van der Waals surface area contributed by atoms with Crippen molar-refractivity contribution in [1.29, 1.82) is 0 Å². The van der Waals surface area contributed by atoms with E-state index in [1.165, 1.54) is 33.4 Å². The number of ketones is 1. The molecule has 0 N–H and O–H groups in total. The first kappa shape index (κ1) is 14.3.